The minimum absolute atomic E-state index is 0. The Labute approximate surface area is 180 Å². The molecule has 0 aliphatic carbocycles. The van der Waals surface area contributed by atoms with E-state index in [1.54, 1.807) is 6.20 Å². The minimum Gasteiger partial charge on any atom is -0.476 e. The lowest BCUT2D eigenvalue weighted by Crippen LogP contribution is -2.44. The number of nitrogen functional groups attached to an aromatic ring is 1. The van der Waals surface area contributed by atoms with E-state index in [2.05, 4.69) is 20.4 Å². The van der Waals surface area contributed by atoms with Gasteiger partial charge in [-0.2, -0.15) is 5.10 Å². The Bertz CT molecular complexity index is 905. The third kappa shape index (κ3) is 4.54. The lowest BCUT2D eigenvalue weighted by Gasteiger charge is -2.35. The van der Waals surface area contributed by atoms with Gasteiger partial charge in [0, 0.05) is 30.8 Å². The highest BCUT2D eigenvalue weighted by atomic mass is 35.5. The molecule has 10 nitrogen and oxygen atoms in total. The van der Waals surface area contributed by atoms with Crippen molar-refractivity contribution < 1.29 is 14.7 Å². The molecule has 2 aliphatic rings. The Morgan fingerprint density at radius 1 is 1.13 bits per heavy atom. The average Bonchev–Trinajstić information content (AvgIpc) is 3.24. The first-order valence-corrected chi connectivity index (χ1v) is 9.93. The highest BCUT2D eigenvalue weighted by molar-refractivity contribution is 5.90. The molecule has 4 rings (SSSR count). The molecule has 1 amide bonds. The summed E-state index contributed by atoms with van der Waals surface area (Å²) in [6.07, 6.45) is 8.46. The van der Waals surface area contributed by atoms with Gasteiger partial charge in [0.15, 0.2) is 11.5 Å². The minimum atomic E-state index is -1.21. The number of aromatic nitrogens is 4. The van der Waals surface area contributed by atoms with Crippen LogP contribution in [0.2, 0.25) is 0 Å². The molecular formula is C19H26ClN7O3. The summed E-state index contributed by atoms with van der Waals surface area (Å²) in [4.78, 5) is 33.9. The first-order valence-electron chi connectivity index (χ1n) is 9.93. The monoisotopic (exact) mass is 435 g/mol. The summed E-state index contributed by atoms with van der Waals surface area (Å²) in [6, 6.07) is 0.196. The number of nitrogens with one attached hydrogen (secondary N) is 1. The molecule has 4 heterocycles. The van der Waals surface area contributed by atoms with Crippen LogP contribution in [-0.2, 0) is 4.79 Å². The standard InChI is InChI=1S/C19H25N7O3.ClH/c20-17-16(19(28)29)24-15(10-22-17)13-9-23-26(11-13)14-3-7-25(8-4-14)18(27)12-1-5-21-6-2-12;/h9-12,14,21H,1-8H2,(H2,20,22)(H,28,29);1H. The number of carbonyl (C=O) groups excluding carboxylic acids is 1. The number of rotatable bonds is 4. The number of hydrogen-bond donors (Lipinski definition) is 3. The van der Waals surface area contributed by atoms with Gasteiger partial charge in [-0.05, 0) is 38.8 Å². The van der Waals surface area contributed by atoms with Gasteiger partial charge in [0.25, 0.3) is 0 Å². The fourth-order valence-corrected chi connectivity index (χ4v) is 4.04. The number of likely N-dealkylation sites (tertiary alicyclic amines) is 1. The predicted molar refractivity (Wildman–Crippen MR) is 112 cm³/mol. The fourth-order valence-electron chi connectivity index (χ4n) is 4.04. The van der Waals surface area contributed by atoms with Gasteiger partial charge in [-0.1, -0.05) is 0 Å². The Morgan fingerprint density at radius 3 is 2.50 bits per heavy atom. The number of aromatic carboxylic acids is 1. The zero-order valence-electron chi connectivity index (χ0n) is 16.5. The second-order valence-electron chi connectivity index (χ2n) is 7.58. The normalized spacial score (nSPS) is 18.1. The average molecular weight is 436 g/mol. The molecule has 4 N–H and O–H groups in total. The summed E-state index contributed by atoms with van der Waals surface area (Å²) in [5.74, 6) is -0.893. The Hall–Kier alpha value is -2.72. The highest BCUT2D eigenvalue weighted by Gasteiger charge is 2.30. The van der Waals surface area contributed by atoms with Crippen LogP contribution in [0, 0.1) is 5.92 Å². The smallest absolute Gasteiger partial charge is 0.358 e. The van der Waals surface area contributed by atoms with Gasteiger partial charge >= 0.3 is 5.97 Å². The van der Waals surface area contributed by atoms with Crippen molar-refractivity contribution in [1.29, 1.82) is 0 Å². The first kappa shape index (κ1) is 22.0. The lowest BCUT2D eigenvalue weighted by atomic mass is 9.95. The molecule has 0 spiro atoms. The summed E-state index contributed by atoms with van der Waals surface area (Å²) in [7, 11) is 0. The van der Waals surface area contributed by atoms with Crippen LogP contribution in [0.15, 0.2) is 18.6 Å². The number of amides is 1. The lowest BCUT2D eigenvalue weighted by molar-refractivity contribution is -0.137. The molecule has 0 saturated carbocycles. The number of nitrogens with zero attached hydrogens (tertiary/aromatic N) is 5. The van der Waals surface area contributed by atoms with Crippen LogP contribution in [0.25, 0.3) is 11.3 Å². The molecule has 0 unspecified atom stereocenters. The van der Waals surface area contributed by atoms with Gasteiger partial charge in [-0.25, -0.2) is 14.8 Å². The Kier molecular flexibility index (Phi) is 6.88. The van der Waals surface area contributed by atoms with Crippen molar-refractivity contribution in [3.05, 3.63) is 24.3 Å². The molecule has 2 aromatic rings. The molecule has 11 heteroatoms. The maximum atomic E-state index is 12.7. The summed E-state index contributed by atoms with van der Waals surface area (Å²) < 4.78 is 1.88. The number of halogens is 1. The number of carboxylic acid groups (broad SMARTS) is 1. The summed E-state index contributed by atoms with van der Waals surface area (Å²) in [6.45, 7) is 3.29. The van der Waals surface area contributed by atoms with E-state index in [4.69, 9.17) is 5.73 Å². The maximum Gasteiger partial charge on any atom is 0.358 e. The van der Waals surface area contributed by atoms with Crippen molar-refractivity contribution in [3.63, 3.8) is 0 Å². The molecule has 2 saturated heterocycles. The number of carboxylic acids is 1. The van der Waals surface area contributed by atoms with Crippen LogP contribution >= 0.6 is 12.4 Å². The topological polar surface area (TPSA) is 139 Å². The van der Waals surface area contributed by atoms with Crippen molar-refractivity contribution in [1.82, 2.24) is 30.0 Å². The Balaban J connectivity index is 0.00000256. The Morgan fingerprint density at radius 2 is 1.83 bits per heavy atom. The third-order valence-electron chi connectivity index (χ3n) is 5.74. The maximum absolute atomic E-state index is 12.7. The van der Waals surface area contributed by atoms with E-state index in [9.17, 15) is 14.7 Å². The second kappa shape index (κ2) is 9.40. The zero-order chi connectivity index (χ0) is 20.4. The predicted octanol–water partition coefficient (Wildman–Crippen LogP) is 1.21. The fraction of sp³-hybridized carbons (Fsp3) is 0.526. The summed E-state index contributed by atoms with van der Waals surface area (Å²) in [5, 5.41) is 16.9. The SMILES string of the molecule is Cl.Nc1ncc(-c2cnn(C3CCN(C(=O)C4CCNCC4)CC3)c2)nc1C(=O)O. The largest absolute Gasteiger partial charge is 0.476 e. The second-order valence-corrected chi connectivity index (χ2v) is 7.58. The van der Waals surface area contributed by atoms with Gasteiger partial charge in [-0.15, -0.1) is 12.4 Å². The van der Waals surface area contributed by atoms with Crippen molar-refractivity contribution in [2.75, 3.05) is 31.9 Å². The molecule has 30 heavy (non-hydrogen) atoms. The number of nitrogens with two attached hydrogens (primary N) is 1. The molecule has 0 bridgehead atoms. The van der Waals surface area contributed by atoms with E-state index in [-0.39, 0.29) is 41.8 Å². The molecule has 0 radical (unpaired) electrons. The van der Waals surface area contributed by atoms with Gasteiger partial charge in [0.1, 0.15) is 0 Å². The summed E-state index contributed by atoms with van der Waals surface area (Å²) >= 11 is 0. The third-order valence-corrected chi connectivity index (χ3v) is 5.74. The van der Waals surface area contributed by atoms with Crippen LogP contribution in [0.1, 0.15) is 42.2 Å². The molecule has 2 aromatic heterocycles. The van der Waals surface area contributed by atoms with Gasteiger partial charge < -0.3 is 21.1 Å². The van der Waals surface area contributed by atoms with E-state index >= 15 is 0 Å². The van der Waals surface area contributed by atoms with Gasteiger partial charge in [-0.3, -0.25) is 9.48 Å². The van der Waals surface area contributed by atoms with Crippen molar-refractivity contribution in [2.24, 2.45) is 5.92 Å². The number of anilines is 1. The number of piperidine rings is 2. The highest BCUT2D eigenvalue weighted by Crippen LogP contribution is 2.27. The van der Waals surface area contributed by atoms with E-state index in [0.717, 1.165) is 51.9 Å². The van der Waals surface area contributed by atoms with Gasteiger partial charge in [0.05, 0.1) is 24.1 Å². The van der Waals surface area contributed by atoms with Crippen LogP contribution in [0.4, 0.5) is 5.82 Å². The van der Waals surface area contributed by atoms with Crippen LogP contribution in [0.3, 0.4) is 0 Å². The molecule has 2 fully saturated rings. The number of hydrogen-bond acceptors (Lipinski definition) is 7. The molecule has 0 aromatic carbocycles. The van der Waals surface area contributed by atoms with E-state index in [1.807, 2.05) is 15.8 Å². The van der Waals surface area contributed by atoms with Crippen LogP contribution in [0.5, 0.6) is 0 Å². The van der Waals surface area contributed by atoms with Crippen molar-refractivity contribution >= 4 is 30.1 Å². The van der Waals surface area contributed by atoms with Crippen LogP contribution in [-0.4, -0.2) is 67.8 Å². The van der Waals surface area contributed by atoms with Crippen LogP contribution < -0.4 is 11.1 Å². The molecule has 0 atom stereocenters. The van der Waals surface area contributed by atoms with E-state index in [0.29, 0.717) is 11.3 Å². The van der Waals surface area contributed by atoms with E-state index in [1.165, 1.54) is 6.20 Å². The molecular weight excluding hydrogens is 410 g/mol. The number of carbonyl (C=O) groups is 2. The summed E-state index contributed by atoms with van der Waals surface area (Å²) in [5.41, 5.74) is 6.41. The first-order chi connectivity index (χ1) is 14.0. The van der Waals surface area contributed by atoms with Crippen molar-refractivity contribution in [3.8, 4) is 11.3 Å². The van der Waals surface area contributed by atoms with Gasteiger partial charge in [0.2, 0.25) is 5.91 Å². The molecule has 2 aliphatic heterocycles. The zero-order valence-corrected chi connectivity index (χ0v) is 17.3. The quantitative estimate of drug-likeness (QED) is 0.651. The van der Waals surface area contributed by atoms with Crippen molar-refractivity contribution in [2.45, 2.75) is 31.7 Å². The van der Waals surface area contributed by atoms with E-state index < -0.39 is 5.97 Å². The molecule has 162 valence electrons.